The molecular weight excluding hydrogens is 673 g/mol. The molecule has 1 aliphatic carbocycles. The molecule has 0 unspecified atom stereocenters. The van der Waals surface area contributed by atoms with E-state index in [-0.39, 0.29) is 17.9 Å². The molecule has 0 aliphatic heterocycles. The lowest BCUT2D eigenvalue weighted by Gasteiger charge is -2.31. The molecule has 1 fully saturated rings. The van der Waals surface area contributed by atoms with Crippen LogP contribution in [0.5, 0.6) is 0 Å². The minimum Gasteiger partial charge on any atom is -0.465 e. The summed E-state index contributed by atoms with van der Waals surface area (Å²) in [6.45, 7) is 8.01. The quantitative estimate of drug-likeness (QED) is 0.0352. The Labute approximate surface area is 335 Å². The Morgan fingerprint density at radius 2 is 0.463 bits per heavy atom. The maximum Gasteiger partial charge on any atom is 0.308 e. The van der Waals surface area contributed by atoms with Crippen LogP contribution in [0, 0.1) is 17.8 Å². The van der Waals surface area contributed by atoms with Gasteiger partial charge < -0.3 is 14.2 Å². The van der Waals surface area contributed by atoms with Crippen LogP contribution in [0.25, 0.3) is 0 Å². The van der Waals surface area contributed by atoms with Gasteiger partial charge in [-0.15, -0.1) is 0 Å². The fourth-order valence-corrected chi connectivity index (χ4v) is 8.07. The molecule has 318 valence electrons. The second kappa shape index (κ2) is 38.3. The molecule has 1 saturated carbocycles. The van der Waals surface area contributed by atoms with Gasteiger partial charge in [0.15, 0.2) is 0 Å². The molecule has 0 spiro atoms. The molecule has 6 nitrogen and oxygen atoms in total. The number of carbonyl (C=O) groups is 3. The highest BCUT2D eigenvalue weighted by molar-refractivity contribution is 5.80. The van der Waals surface area contributed by atoms with Gasteiger partial charge >= 0.3 is 17.9 Å². The molecule has 0 saturated heterocycles. The number of ether oxygens (including phenoxy) is 3. The van der Waals surface area contributed by atoms with Gasteiger partial charge in [0.2, 0.25) is 0 Å². The molecule has 0 aromatic heterocycles. The van der Waals surface area contributed by atoms with Crippen LogP contribution in [0.2, 0.25) is 0 Å². The van der Waals surface area contributed by atoms with Crippen LogP contribution >= 0.6 is 0 Å². The van der Waals surface area contributed by atoms with Gasteiger partial charge in [0.25, 0.3) is 0 Å². The highest BCUT2D eigenvalue weighted by Crippen LogP contribution is 2.36. The molecule has 0 aromatic carbocycles. The van der Waals surface area contributed by atoms with E-state index in [4.69, 9.17) is 14.2 Å². The average Bonchev–Trinajstić information content (AvgIpc) is 3.18. The van der Waals surface area contributed by atoms with E-state index in [0.29, 0.717) is 39.1 Å². The summed E-state index contributed by atoms with van der Waals surface area (Å²) in [5, 5.41) is 0. The summed E-state index contributed by atoms with van der Waals surface area (Å²) in [7, 11) is 0. The minimum atomic E-state index is -0.467. The number of hydrogen-bond acceptors (Lipinski definition) is 6. The van der Waals surface area contributed by atoms with Gasteiger partial charge in [-0.05, 0) is 38.5 Å². The first-order chi connectivity index (χ1) is 26.5. The SMILES string of the molecule is CCCCCCCCCCCCCOC(=O)C1CC(C(=O)OCCCCCCCCCCCCC)CC(C(=O)OCCCCCCCCCCCCC)C1. The van der Waals surface area contributed by atoms with Crippen molar-refractivity contribution in [2.75, 3.05) is 19.8 Å². The molecule has 54 heavy (non-hydrogen) atoms. The summed E-state index contributed by atoms with van der Waals surface area (Å²) in [5.41, 5.74) is 0. The van der Waals surface area contributed by atoms with Gasteiger partial charge in [0, 0.05) is 0 Å². The van der Waals surface area contributed by atoms with Crippen molar-refractivity contribution in [3.8, 4) is 0 Å². The van der Waals surface area contributed by atoms with Gasteiger partial charge in [0.05, 0.1) is 37.6 Å². The largest absolute Gasteiger partial charge is 0.465 e. The van der Waals surface area contributed by atoms with Crippen LogP contribution in [0.1, 0.15) is 252 Å². The Hall–Kier alpha value is -1.59. The van der Waals surface area contributed by atoms with E-state index in [9.17, 15) is 14.4 Å². The van der Waals surface area contributed by atoms with E-state index in [0.717, 1.165) is 38.5 Å². The third-order valence-corrected chi connectivity index (χ3v) is 11.7. The van der Waals surface area contributed by atoms with Crippen LogP contribution in [0.3, 0.4) is 0 Å². The third-order valence-electron chi connectivity index (χ3n) is 11.7. The maximum absolute atomic E-state index is 13.2. The fraction of sp³-hybridized carbons (Fsp3) is 0.938. The maximum atomic E-state index is 13.2. The van der Waals surface area contributed by atoms with E-state index >= 15 is 0 Å². The van der Waals surface area contributed by atoms with E-state index < -0.39 is 17.8 Å². The van der Waals surface area contributed by atoms with E-state index in [1.54, 1.807) is 0 Å². The number of hydrogen-bond donors (Lipinski definition) is 0. The van der Waals surface area contributed by atoms with E-state index in [1.807, 2.05) is 0 Å². The standard InChI is InChI=1S/C48H90O6/c1-4-7-10-13-16-19-22-25-28-31-34-37-52-46(49)43-40-44(47(50)53-38-35-32-29-26-23-20-17-14-11-8-5-2)42-45(41-43)48(51)54-39-36-33-30-27-24-21-18-15-12-9-6-3/h43-45H,4-42H2,1-3H3. The van der Waals surface area contributed by atoms with Crippen molar-refractivity contribution in [1.82, 2.24) is 0 Å². The lowest BCUT2D eigenvalue weighted by atomic mass is 9.75. The zero-order chi connectivity index (χ0) is 39.2. The highest BCUT2D eigenvalue weighted by atomic mass is 16.5. The second-order valence-electron chi connectivity index (χ2n) is 16.9. The number of carbonyl (C=O) groups excluding carboxylic acids is 3. The molecule has 0 amide bonds. The first kappa shape index (κ1) is 50.4. The number of rotatable bonds is 39. The van der Waals surface area contributed by atoms with Gasteiger partial charge in [-0.3, -0.25) is 14.4 Å². The zero-order valence-electron chi connectivity index (χ0n) is 36.3. The Morgan fingerprint density at radius 3 is 0.648 bits per heavy atom. The molecule has 1 aliphatic rings. The molecule has 6 heteroatoms. The summed E-state index contributed by atoms with van der Waals surface area (Å²) in [5.74, 6) is -2.21. The number of unbranched alkanes of at least 4 members (excludes halogenated alkanes) is 30. The predicted octanol–water partition coefficient (Wildman–Crippen LogP) is 14.6. The van der Waals surface area contributed by atoms with Crippen molar-refractivity contribution in [1.29, 1.82) is 0 Å². The van der Waals surface area contributed by atoms with Gasteiger partial charge in [-0.2, -0.15) is 0 Å². The average molecular weight is 763 g/mol. The number of esters is 3. The van der Waals surface area contributed by atoms with Gasteiger partial charge in [-0.25, -0.2) is 0 Å². The Morgan fingerprint density at radius 1 is 0.296 bits per heavy atom. The van der Waals surface area contributed by atoms with Crippen molar-refractivity contribution < 1.29 is 28.6 Å². The molecule has 0 heterocycles. The van der Waals surface area contributed by atoms with Crippen LogP contribution in [0.15, 0.2) is 0 Å². The van der Waals surface area contributed by atoms with E-state index in [1.165, 1.54) is 173 Å². The third kappa shape index (κ3) is 29.7. The van der Waals surface area contributed by atoms with Crippen LogP contribution in [0.4, 0.5) is 0 Å². The van der Waals surface area contributed by atoms with Crippen molar-refractivity contribution in [2.24, 2.45) is 17.8 Å². The Balaban J connectivity index is 2.42. The normalized spacial score (nSPS) is 17.1. The topological polar surface area (TPSA) is 78.9 Å². The van der Waals surface area contributed by atoms with Crippen LogP contribution in [-0.2, 0) is 28.6 Å². The van der Waals surface area contributed by atoms with Gasteiger partial charge in [0.1, 0.15) is 0 Å². The highest BCUT2D eigenvalue weighted by Gasteiger charge is 2.41. The molecule has 0 N–H and O–H groups in total. The molecule has 0 atom stereocenters. The zero-order valence-corrected chi connectivity index (χ0v) is 36.3. The summed E-state index contributed by atoms with van der Waals surface area (Å²) in [4.78, 5) is 39.7. The fourth-order valence-electron chi connectivity index (χ4n) is 8.07. The summed E-state index contributed by atoms with van der Waals surface area (Å²) < 4.78 is 17.2. The predicted molar refractivity (Wildman–Crippen MR) is 227 cm³/mol. The smallest absolute Gasteiger partial charge is 0.308 e. The molecular formula is C48H90O6. The van der Waals surface area contributed by atoms with E-state index in [2.05, 4.69) is 20.8 Å². The Kier molecular flexibility index (Phi) is 35.8. The molecule has 1 rings (SSSR count). The second-order valence-corrected chi connectivity index (χ2v) is 16.9. The summed E-state index contributed by atoms with van der Waals surface area (Å²) in [6.07, 6.45) is 42.3. The van der Waals surface area contributed by atoms with Gasteiger partial charge in [-0.1, -0.05) is 213 Å². The van der Waals surface area contributed by atoms with Crippen molar-refractivity contribution in [3.63, 3.8) is 0 Å². The molecule has 0 aromatic rings. The van der Waals surface area contributed by atoms with Crippen LogP contribution in [-0.4, -0.2) is 37.7 Å². The lowest BCUT2D eigenvalue weighted by Crippen LogP contribution is -2.37. The lowest BCUT2D eigenvalue weighted by molar-refractivity contribution is -0.161. The Bertz CT molecular complexity index is 743. The molecule has 0 bridgehead atoms. The first-order valence-corrected chi connectivity index (χ1v) is 24.0. The summed E-state index contributed by atoms with van der Waals surface area (Å²) >= 11 is 0. The molecule has 0 radical (unpaired) electrons. The van der Waals surface area contributed by atoms with Crippen LogP contribution < -0.4 is 0 Å². The minimum absolute atomic E-state index is 0.270. The summed E-state index contributed by atoms with van der Waals surface area (Å²) in [6, 6.07) is 0. The monoisotopic (exact) mass is 763 g/mol. The van der Waals surface area contributed by atoms with Crippen molar-refractivity contribution in [2.45, 2.75) is 252 Å². The van der Waals surface area contributed by atoms with Crippen molar-refractivity contribution in [3.05, 3.63) is 0 Å². The first-order valence-electron chi connectivity index (χ1n) is 24.0. The van der Waals surface area contributed by atoms with Crippen molar-refractivity contribution >= 4 is 17.9 Å².